The molecule has 0 aliphatic rings. The van der Waals surface area contributed by atoms with Crippen molar-refractivity contribution in [2.45, 2.75) is 53.0 Å². The molecule has 0 saturated carbocycles. The second-order valence-corrected chi connectivity index (χ2v) is 17.7. The maximum Gasteiger partial charge on any atom is 0.426 e. The van der Waals surface area contributed by atoms with Crippen LogP contribution in [0.15, 0.2) is 57.2 Å². The number of alkyl halides is 3. The van der Waals surface area contributed by atoms with Gasteiger partial charge in [0.05, 0.1) is 20.4 Å². The molecule has 0 aliphatic heterocycles. The van der Waals surface area contributed by atoms with Gasteiger partial charge < -0.3 is 10.4 Å². The van der Waals surface area contributed by atoms with E-state index in [0.29, 0.717) is 6.92 Å². The molecule has 2 N–H and O–H groups in total. The zero-order valence-corrected chi connectivity index (χ0v) is 22.1. The Kier molecular flexibility index (Phi) is 7.69. The highest BCUT2D eigenvalue weighted by Gasteiger charge is 2.55. The number of rotatable bonds is 5. The van der Waals surface area contributed by atoms with E-state index in [-0.39, 0.29) is 25.9 Å². The summed E-state index contributed by atoms with van der Waals surface area (Å²) in [7, 11) is -9.75. The summed E-state index contributed by atoms with van der Waals surface area (Å²) < 4.78 is 88.6. The van der Waals surface area contributed by atoms with Crippen LogP contribution in [-0.4, -0.2) is 54.0 Å². The summed E-state index contributed by atoms with van der Waals surface area (Å²) in [5.41, 5.74) is -1.01. The van der Waals surface area contributed by atoms with E-state index in [1.165, 1.54) is 0 Å². The molecule has 2 aromatic carbocycles. The summed E-state index contributed by atoms with van der Waals surface area (Å²) in [5.74, 6) is 0.976. The van der Waals surface area contributed by atoms with Crippen molar-refractivity contribution in [2.75, 3.05) is 11.6 Å². The number of hydrogen-bond donors (Lipinski definition) is 2. The molecular weight excluding hydrogens is 523 g/mol. The van der Waals surface area contributed by atoms with Gasteiger partial charge in [-0.05, 0) is 49.4 Å². The van der Waals surface area contributed by atoms with E-state index in [0.717, 1.165) is 48.7 Å². The van der Waals surface area contributed by atoms with E-state index in [4.69, 9.17) is 0 Å². The van der Waals surface area contributed by atoms with Gasteiger partial charge in [0.1, 0.15) is 8.07 Å². The minimum Gasteiger partial charge on any atom is -0.373 e. The van der Waals surface area contributed by atoms with Crippen LogP contribution in [-0.2, 0) is 24.5 Å². The van der Waals surface area contributed by atoms with Crippen molar-refractivity contribution in [1.29, 1.82) is 0 Å². The van der Waals surface area contributed by atoms with Gasteiger partial charge >= 0.3 is 6.18 Å². The molecule has 1 amide bonds. The second-order valence-electron chi connectivity index (χ2n) is 8.98. The number of sulfone groups is 2. The quantitative estimate of drug-likeness (QED) is 0.438. The number of aliphatic hydroxyl groups is 1. The van der Waals surface area contributed by atoms with Crippen molar-refractivity contribution in [3.63, 3.8) is 0 Å². The highest BCUT2D eigenvalue weighted by molar-refractivity contribution is 7.91. The highest BCUT2D eigenvalue weighted by atomic mass is 32.2. The van der Waals surface area contributed by atoms with Crippen molar-refractivity contribution < 1.29 is 39.9 Å². The van der Waals surface area contributed by atoms with Crippen LogP contribution in [0, 0.1) is 11.5 Å². The lowest BCUT2D eigenvalue weighted by Crippen LogP contribution is -2.52. The summed E-state index contributed by atoms with van der Waals surface area (Å²) in [5, 5.41) is 11.6. The summed E-state index contributed by atoms with van der Waals surface area (Å²) in [6.07, 6.45) is -4.27. The molecule has 1 atom stereocenters. The van der Waals surface area contributed by atoms with Crippen molar-refractivity contribution in [3.8, 4) is 11.5 Å². The predicted molar refractivity (Wildman–Crippen MR) is 127 cm³/mol. The fourth-order valence-corrected chi connectivity index (χ4v) is 4.96. The number of nitrogens with one attached hydrogen (secondary N) is 1. The van der Waals surface area contributed by atoms with Crippen LogP contribution < -0.4 is 5.32 Å². The third-order valence-corrected chi connectivity index (χ3v) is 8.45. The van der Waals surface area contributed by atoms with Crippen LogP contribution in [0.5, 0.6) is 0 Å². The topological polar surface area (TPSA) is 118 Å². The molecule has 2 aromatic rings. The molecule has 2 rings (SSSR count). The number of anilines is 1. The molecule has 0 spiro atoms. The summed E-state index contributed by atoms with van der Waals surface area (Å²) in [6, 6.07) is 7.77. The lowest BCUT2D eigenvalue weighted by atomic mass is 10.1. The average Bonchev–Trinajstić information content (AvgIpc) is 2.70. The third kappa shape index (κ3) is 6.72. The number of amides is 1. The fraction of sp³-hybridized carbons (Fsp3) is 0.318. The standard InChI is InChI=1S/C22H24F3NO6S2Si/c1-21(28,22(23,24)25)20(27)26-19-11-10-18(14-15(19)12-13-35(3,4)5)34(31,32)17-8-6-16(7-9-17)33(2,29)30/h6-11,14,28H,1-5H3,(H,26,27). The molecule has 0 aromatic heterocycles. The zero-order valence-electron chi connectivity index (χ0n) is 19.5. The first kappa shape index (κ1) is 28.6. The second kappa shape index (κ2) is 9.42. The normalized spacial score (nSPS) is 14.4. The molecule has 0 radical (unpaired) electrons. The number of carbonyl (C=O) groups excluding carboxylic acids is 1. The zero-order chi connectivity index (χ0) is 27.0. The Morgan fingerprint density at radius 2 is 1.43 bits per heavy atom. The van der Waals surface area contributed by atoms with Gasteiger partial charge in [0, 0.05) is 11.8 Å². The third-order valence-electron chi connectivity index (χ3n) is 4.68. The maximum absolute atomic E-state index is 13.1. The molecule has 0 aliphatic carbocycles. The number of carbonyl (C=O) groups is 1. The average molecular weight is 548 g/mol. The Labute approximate surface area is 203 Å². The van der Waals surface area contributed by atoms with Crippen molar-refractivity contribution >= 4 is 39.3 Å². The molecular formula is C22H24F3NO6S2Si. The van der Waals surface area contributed by atoms with Crippen molar-refractivity contribution in [3.05, 3.63) is 48.0 Å². The first-order valence-corrected chi connectivity index (χ1v) is 16.9. The molecule has 13 heteroatoms. The smallest absolute Gasteiger partial charge is 0.373 e. The van der Waals surface area contributed by atoms with E-state index in [1.54, 1.807) is 0 Å². The highest BCUT2D eigenvalue weighted by Crippen LogP contribution is 2.32. The van der Waals surface area contributed by atoms with Crippen LogP contribution in [0.1, 0.15) is 12.5 Å². The predicted octanol–water partition coefficient (Wildman–Crippen LogP) is 3.40. The Hall–Kier alpha value is -2.66. The molecule has 1 unspecified atom stereocenters. The van der Waals surface area contributed by atoms with Gasteiger partial charge in [-0.3, -0.25) is 4.79 Å². The van der Waals surface area contributed by atoms with Gasteiger partial charge in [-0.2, -0.15) is 13.2 Å². The monoisotopic (exact) mass is 547 g/mol. The van der Waals surface area contributed by atoms with Gasteiger partial charge in [0.15, 0.2) is 9.84 Å². The first-order valence-electron chi connectivity index (χ1n) is 9.99. The van der Waals surface area contributed by atoms with E-state index in [9.17, 15) is 39.9 Å². The molecule has 0 fully saturated rings. The molecule has 7 nitrogen and oxygen atoms in total. The van der Waals surface area contributed by atoms with Crippen LogP contribution in [0.2, 0.25) is 19.6 Å². The van der Waals surface area contributed by atoms with Crippen LogP contribution in [0.3, 0.4) is 0 Å². The lowest BCUT2D eigenvalue weighted by Gasteiger charge is -2.25. The molecule has 190 valence electrons. The Balaban J connectivity index is 2.60. The molecule has 0 saturated heterocycles. The summed E-state index contributed by atoms with van der Waals surface area (Å²) >= 11 is 0. The summed E-state index contributed by atoms with van der Waals surface area (Å²) in [6.45, 7) is 5.96. The molecule has 35 heavy (non-hydrogen) atoms. The maximum atomic E-state index is 13.1. The number of halogens is 3. The van der Waals surface area contributed by atoms with Gasteiger partial charge in [0.2, 0.25) is 15.4 Å². The molecule has 0 heterocycles. The van der Waals surface area contributed by atoms with Crippen molar-refractivity contribution in [2.24, 2.45) is 0 Å². The van der Waals surface area contributed by atoms with E-state index < -0.39 is 45.4 Å². The van der Waals surface area contributed by atoms with E-state index in [1.807, 2.05) is 25.0 Å². The Bertz CT molecular complexity index is 1410. The van der Waals surface area contributed by atoms with Crippen LogP contribution in [0.25, 0.3) is 0 Å². The largest absolute Gasteiger partial charge is 0.426 e. The van der Waals surface area contributed by atoms with Crippen molar-refractivity contribution in [1.82, 2.24) is 0 Å². The SMILES string of the molecule is CC(O)(C(=O)Nc1ccc(S(=O)(=O)c2ccc(S(C)(=O)=O)cc2)cc1C#C[Si](C)(C)C)C(F)(F)F. The van der Waals surface area contributed by atoms with Gasteiger partial charge in [-0.1, -0.05) is 25.6 Å². The van der Waals surface area contributed by atoms with Gasteiger partial charge in [-0.25, -0.2) is 16.8 Å². The van der Waals surface area contributed by atoms with Gasteiger partial charge in [-0.15, -0.1) is 5.54 Å². The van der Waals surface area contributed by atoms with Crippen LogP contribution >= 0.6 is 0 Å². The first-order chi connectivity index (χ1) is 15.7. The van der Waals surface area contributed by atoms with E-state index in [2.05, 4.69) is 11.5 Å². The lowest BCUT2D eigenvalue weighted by molar-refractivity contribution is -0.242. The Morgan fingerprint density at radius 1 is 0.943 bits per heavy atom. The van der Waals surface area contributed by atoms with Gasteiger partial charge in [0.25, 0.3) is 5.91 Å². The molecule has 0 bridgehead atoms. The fourth-order valence-electron chi connectivity index (χ4n) is 2.53. The number of hydrogen-bond acceptors (Lipinski definition) is 6. The minimum absolute atomic E-state index is 0.0624. The number of benzene rings is 2. The van der Waals surface area contributed by atoms with Crippen LogP contribution in [0.4, 0.5) is 18.9 Å². The van der Waals surface area contributed by atoms with E-state index >= 15 is 0 Å². The Morgan fingerprint density at radius 3 is 1.89 bits per heavy atom. The summed E-state index contributed by atoms with van der Waals surface area (Å²) in [4.78, 5) is 11.6. The minimum atomic E-state index is -5.25.